The van der Waals surface area contributed by atoms with Gasteiger partial charge in [-0.25, -0.2) is 0 Å². The molecule has 15 heavy (non-hydrogen) atoms. The van der Waals surface area contributed by atoms with E-state index in [2.05, 4.69) is 31.9 Å². The Morgan fingerprint density at radius 2 is 1.33 bits per heavy atom. The number of Topliss-reactive ketones (excluding diaryl/α,β-unsaturated/α-hetero) is 2. The predicted molar refractivity (Wildman–Crippen MR) is 58.9 cm³/mol. The summed E-state index contributed by atoms with van der Waals surface area (Å²) in [6.07, 6.45) is 1.13. The van der Waals surface area contributed by atoms with Crippen molar-refractivity contribution in [1.29, 1.82) is 0 Å². The molecule has 0 aromatic heterocycles. The molecule has 0 saturated heterocycles. The van der Waals surface area contributed by atoms with Crippen LogP contribution in [-0.2, 0) is 9.59 Å². The normalized spacial score (nSPS) is 75.9. The molecule has 2 bridgehead atoms. The van der Waals surface area contributed by atoms with Gasteiger partial charge in [0.05, 0.1) is 0 Å². The van der Waals surface area contributed by atoms with E-state index in [1.54, 1.807) is 0 Å². The summed E-state index contributed by atoms with van der Waals surface area (Å²) in [5.41, 5.74) is 0. The molecule has 5 fully saturated rings. The molecule has 5 rings (SSSR count). The average molecular weight is 332 g/mol. The molecule has 5 aliphatic carbocycles. The number of alkyl halides is 2. The third-order valence-corrected chi connectivity index (χ3v) is 9.56. The summed E-state index contributed by atoms with van der Waals surface area (Å²) < 4.78 is -1.03. The van der Waals surface area contributed by atoms with Crippen molar-refractivity contribution < 1.29 is 9.59 Å². The van der Waals surface area contributed by atoms with Gasteiger partial charge < -0.3 is 0 Å². The van der Waals surface area contributed by atoms with Gasteiger partial charge in [0.25, 0.3) is 0 Å². The fourth-order valence-corrected chi connectivity index (χ4v) is 8.47. The fraction of sp³-hybridized carbons (Fsp3) is 0.818. The van der Waals surface area contributed by atoms with Gasteiger partial charge in [0.2, 0.25) is 0 Å². The van der Waals surface area contributed by atoms with E-state index in [-0.39, 0.29) is 11.8 Å². The lowest BCUT2D eigenvalue weighted by Gasteiger charge is -2.56. The minimum Gasteiger partial charge on any atom is -0.298 e. The Labute approximate surface area is 103 Å². The number of ketones is 2. The highest BCUT2D eigenvalue weighted by atomic mass is 79.9. The Morgan fingerprint density at radius 3 is 1.73 bits per heavy atom. The summed E-state index contributed by atoms with van der Waals surface area (Å²) in [5.74, 6) is 2.78. The number of halogens is 2. The summed E-state index contributed by atoms with van der Waals surface area (Å²) in [4.78, 5) is 24.7. The Morgan fingerprint density at radius 1 is 0.933 bits per heavy atom. The van der Waals surface area contributed by atoms with Gasteiger partial charge in [0.1, 0.15) is 8.65 Å². The molecule has 4 heteroatoms. The molecule has 2 nitrogen and oxygen atoms in total. The maximum Gasteiger partial charge on any atom is 0.155 e. The van der Waals surface area contributed by atoms with E-state index in [1.165, 1.54) is 0 Å². The molecular weight excluding hydrogens is 324 g/mol. The van der Waals surface area contributed by atoms with E-state index in [1.807, 2.05) is 0 Å². The molecule has 0 amide bonds. The van der Waals surface area contributed by atoms with Crippen molar-refractivity contribution in [3.8, 4) is 0 Å². The lowest BCUT2D eigenvalue weighted by molar-refractivity contribution is -0.139. The number of rotatable bonds is 0. The lowest BCUT2D eigenvalue weighted by Crippen LogP contribution is -2.71. The molecule has 5 saturated carbocycles. The van der Waals surface area contributed by atoms with Gasteiger partial charge in [-0.3, -0.25) is 9.59 Å². The molecule has 0 aromatic rings. The van der Waals surface area contributed by atoms with Crippen LogP contribution in [0.25, 0.3) is 0 Å². The second kappa shape index (κ2) is 1.82. The molecule has 5 aliphatic rings. The van der Waals surface area contributed by atoms with Crippen molar-refractivity contribution in [2.75, 3.05) is 0 Å². The third-order valence-electron chi connectivity index (χ3n) is 5.93. The maximum absolute atomic E-state index is 12.3. The van der Waals surface area contributed by atoms with Crippen LogP contribution in [0.2, 0.25) is 0 Å². The van der Waals surface area contributed by atoms with Crippen LogP contribution in [0, 0.1) is 35.5 Å². The number of hydrogen-bond acceptors (Lipinski definition) is 2. The average Bonchev–Trinajstić information content (AvgIpc) is 2.79. The second-order valence-corrected chi connectivity index (χ2v) is 8.32. The number of fused-ring (bicyclic) bond motifs is 2. The zero-order valence-electron chi connectivity index (χ0n) is 7.74. The van der Waals surface area contributed by atoms with E-state index in [9.17, 15) is 9.59 Å². The van der Waals surface area contributed by atoms with Gasteiger partial charge in [-0.15, -0.1) is 0 Å². The molecule has 0 N–H and O–H groups in total. The SMILES string of the molecule is O=C1[C@H]2[C@H]3C[C@H]4[C@H]2C(=O)[C@]2(Br)[C@H]4[C@@H]3[C@@]12Br. The molecule has 0 aliphatic heterocycles. The van der Waals surface area contributed by atoms with E-state index in [4.69, 9.17) is 0 Å². The number of hydrogen-bond donors (Lipinski definition) is 0. The molecule has 8 atom stereocenters. The fourth-order valence-electron chi connectivity index (χ4n) is 5.77. The molecule has 0 radical (unpaired) electrons. The minimum absolute atomic E-state index is 0.0799. The first-order valence-corrected chi connectivity index (χ1v) is 7.09. The van der Waals surface area contributed by atoms with Gasteiger partial charge in [-0.2, -0.15) is 0 Å². The smallest absolute Gasteiger partial charge is 0.155 e. The highest BCUT2D eigenvalue weighted by Gasteiger charge is 2.95. The monoisotopic (exact) mass is 330 g/mol. The van der Waals surface area contributed by atoms with Crippen LogP contribution < -0.4 is 0 Å². The first-order chi connectivity index (χ1) is 7.04. The Hall–Kier alpha value is 0.300. The highest BCUT2D eigenvalue weighted by Crippen LogP contribution is 2.87. The quantitative estimate of drug-likeness (QED) is 0.631. The Kier molecular flexibility index (Phi) is 1.02. The van der Waals surface area contributed by atoms with Crippen molar-refractivity contribution >= 4 is 43.4 Å². The van der Waals surface area contributed by atoms with E-state index < -0.39 is 8.65 Å². The lowest BCUT2D eigenvalue weighted by atomic mass is 9.59. The largest absolute Gasteiger partial charge is 0.298 e. The van der Waals surface area contributed by atoms with Crippen molar-refractivity contribution in [3.05, 3.63) is 0 Å². The summed E-state index contributed by atoms with van der Waals surface area (Å²) in [6.45, 7) is 0. The summed E-state index contributed by atoms with van der Waals surface area (Å²) in [6, 6.07) is 0. The van der Waals surface area contributed by atoms with Gasteiger partial charge in [0.15, 0.2) is 11.6 Å². The molecule has 0 spiro atoms. The van der Waals surface area contributed by atoms with Crippen LogP contribution in [-0.4, -0.2) is 20.2 Å². The first-order valence-electron chi connectivity index (χ1n) is 5.51. The van der Waals surface area contributed by atoms with Crippen LogP contribution in [0.5, 0.6) is 0 Å². The number of carbonyl (C=O) groups excluding carboxylic acids is 2. The standard InChI is InChI=1S/C11H8Br2O2/c12-10-6-2-1-3-5(4(2)8(10)14)9(15)11(10,13)7(3)6/h2-7H,1H2/t2-,3+,4+,5-,6-,7-,10-,11-/m1/s1. The van der Waals surface area contributed by atoms with Gasteiger partial charge in [-0.05, 0) is 30.1 Å². The third kappa shape index (κ3) is 0.450. The van der Waals surface area contributed by atoms with Crippen LogP contribution in [0.1, 0.15) is 6.42 Å². The second-order valence-electron chi connectivity index (χ2n) is 5.82. The molecule has 0 aromatic carbocycles. The maximum atomic E-state index is 12.3. The van der Waals surface area contributed by atoms with Crippen molar-refractivity contribution in [2.45, 2.75) is 15.1 Å². The van der Waals surface area contributed by atoms with Gasteiger partial charge in [-0.1, -0.05) is 31.9 Å². The van der Waals surface area contributed by atoms with E-state index in [0.717, 1.165) is 6.42 Å². The zero-order chi connectivity index (χ0) is 10.3. The number of carbonyl (C=O) groups is 2. The Bertz CT molecular complexity index is 433. The van der Waals surface area contributed by atoms with Crippen molar-refractivity contribution in [1.82, 2.24) is 0 Å². The molecule has 78 valence electrons. The highest BCUT2D eigenvalue weighted by molar-refractivity contribution is 9.13. The van der Waals surface area contributed by atoms with Crippen LogP contribution >= 0.6 is 31.9 Å². The Balaban J connectivity index is 1.95. The summed E-state index contributed by atoms with van der Waals surface area (Å²) >= 11 is 7.26. The summed E-state index contributed by atoms with van der Waals surface area (Å²) in [5, 5.41) is 0. The van der Waals surface area contributed by atoms with Crippen LogP contribution in [0.15, 0.2) is 0 Å². The van der Waals surface area contributed by atoms with E-state index in [0.29, 0.717) is 35.2 Å². The molecule has 0 heterocycles. The van der Waals surface area contributed by atoms with Gasteiger partial charge in [0, 0.05) is 11.8 Å². The zero-order valence-corrected chi connectivity index (χ0v) is 10.9. The first kappa shape index (κ1) is 8.40. The van der Waals surface area contributed by atoms with Crippen LogP contribution in [0.4, 0.5) is 0 Å². The van der Waals surface area contributed by atoms with Crippen molar-refractivity contribution in [2.24, 2.45) is 35.5 Å². The predicted octanol–water partition coefficient (Wildman–Crippen LogP) is 1.55. The van der Waals surface area contributed by atoms with E-state index >= 15 is 0 Å². The molecule has 0 unspecified atom stereocenters. The minimum atomic E-state index is -0.515. The molecular formula is C11H8Br2O2. The van der Waals surface area contributed by atoms with Crippen LogP contribution in [0.3, 0.4) is 0 Å². The summed E-state index contributed by atoms with van der Waals surface area (Å²) in [7, 11) is 0. The van der Waals surface area contributed by atoms with Gasteiger partial charge >= 0.3 is 0 Å². The van der Waals surface area contributed by atoms with Crippen molar-refractivity contribution in [3.63, 3.8) is 0 Å². The topological polar surface area (TPSA) is 34.1 Å².